The maximum Gasteiger partial charge on any atom is 0.311 e. The predicted molar refractivity (Wildman–Crippen MR) is 38.0 cm³/mol. The fourth-order valence-electron chi connectivity index (χ4n) is 0.542. The van der Waals surface area contributed by atoms with Crippen molar-refractivity contribution < 1.29 is 9.53 Å². The Bertz CT molecular complexity index is 235. The van der Waals surface area contributed by atoms with Crippen molar-refractivity contribution in [1.82, 2.24) is 9.97 Å². The van der Waals surface area contributed by atoms with E-state index in [0.717, 1.165) is 0 Å². The molecule has 0 saturated carbocycles. The topological polar surface area (TPSA) is 52.1 Å². The molecule has 0 bridgehead atoms. The second-order valence-corrected chi connectivity index (χ2v) is 1.90. The quantitative estimate of drug-likeness (QED) is 0.588. The van der Waals surface area contributed by atoms with E-state index in [0.29, 0.717) is 12.2 Å². The zero-order chi connectivity index (χ0) is 8.10. The molecule has 1 aromatic rings. The number of hydrogen-bond donors (Lipinski definition) is 0. The fraction of sp³-hybridized carbons (Fsp3) is 0.286. The van der Waals surface area contributed by atoms with E-state index in [1.54, 1.807) is 6.92 Å². The van der Waals surface area contributed by atoms with Crippen LogP contribution in [-0.4, -0.2) is 15.9 Å². The van der Waals surface area contributed by atoms with Crippen LogP contribution in [-0.2, 0) is 4.79 Å². The highest BCUT2D eigenvalue weighted by molar-refractivity contribution is 5.71. The van der Waals surface area contributed by atoms with Crippen molar-refractivity contribution in [3.63, 3.8) is 0 Å². The van der Waals surface area contributed by atoms with E-state index in [1.807, 2.05) is 0 Å². The molecule has 1 rings (SSSR count). The van der Waals surface area contributed by atoms with E-state index >= 15 is 0 Å². The molecule has 4 nitrogen and oxygen atoms in total. The lowest BCUT2D eigenvalue weighted by Crippen LogP contribution is -2.05. The van der Waals surface area contributed by atoms with Gasteiger partial charge >= 0.3 is 5.97 Å². The zero-order valence-electron chi connectivity index (χ0n) is 6.15. The molecular weight excluding hydrogens is 144 g/mol. The summed E-state index contributed by atoms with van der Waals surface area (Å²) in [5, 5.41) is 0. The summed E-state index contributed by atoms with van der Waals surface area (Å²) in [7, 11) is 0. The third-order valence-corrected chi connectivity index (χ3v) is 1.06. The van der Waals surface area contributed by atoms with Gasteiger partial charge in [0.2, 0.25) is 0 Å². The van der Waals surface area contributed by atoms with Gasteiger partial charge in [0.15, 0.2) is 5.75 Å². The van der Waals surface area contributed by atoms with Gasteiger partial charge in [-0.1, -0.05) is 6.92 Å². The molecule has 0 spiro atoms. The van der Waals surface area contributed by atoms with Gasteiger partial charge in [0.25, 0.3) is 0 Å². The third-order valence-electron chi connectivity index (χ3n) is 1.06. The van der Waals surface area contributed by atoms with Crippen molar-refractivity contribution in [3.05, 3.63) is 18.7 Å². The van der Waals surface area contributed by atoms with Gasteiger partial charge in [0.05, 0.1) is 12.4 Å². The molecule has 4 heteroatoms. The van der Waals surface area contributed by atoms with E-state index in [2.05, 4.69) is 9.97 Å². The maximum atomic E-state index is 10.7. The van der Waals surface area contributed by atoms with Crippen molar-refractivity contribution >= 4 is 5.97 Å². The van der Waals surface area contributed by atoms with Crippen LogP contribution in [0.25, 0.3) is 0 Å². The summed E-state index contributed by atoms with van der Waals surface area (Å²) in [4.78, 5) is 18.1. The van der Waals surface area contributed by atoms with Gasteiger partial charge in [0, 0.05) is 6.42 Å². The van der Waals surface area contributed by atoms with Gasteiger partial charge < -0.3 is 4.74 Å². The van der Waals surface area contributed by atoms with E-state index in [-0.39, 0.29) is 5.97 Å². The SMILES string of the molecule is CCC(=O)Oc1cncnc1. The first kappa shape index (κ1) is 7.65. The van der Waals surface area contributed by atoms with Crippen LogP contribution in [0.1, 0.15) is 13.3 Å². The molecule has 0 atom stereocenters. The Kier molecular flexibility index (Phi) is 2.54. The summed E-state index contributed by atoms with van der Waals surface area (Å²) >= 11 is 0. The second-order valence-electron chi connectivity index (χ2n) is 1.90. The molecule has 11 heavy (non-hydrogen) atoms. The molecule has 0 unspecified atom stereocenters. The first-order valence-electron chi connectivity index (χ1n) is 3.28. The highest BCUT2D eigenvalue weighted by Crippen LogP contribution is 2.04. The largest absolute Gasteiger partial charge is 0.423 e. The van der Waals surface area contributed by atoms with E-state index in [4.69, 9.17) is 4.74 Å². The molecular formula is C7H8N2O2. The van der Waals surface area contributed by atoms with E-state index in [9.17, 15) is 4.79 Å². The molecule has 0 aromatic carbocycles. The summed E-state index contributed by atoms with van der Waals surface area (Å²) in [5.74, 6) is 0.110. The molecule has 0 fully saturated rings. The van der Waals surface area contributed by atoms with Crippen LogP contribution in [0.4, 0.5) is 0 Å². The molecule has 0 amide bonds. The minimum absolute atomic E-state index is 0.278. The standard InChI is InChI=1S/C7H8N2O2/c1-2-7(10)11-6-3-8-5-9-4-6/h3-5H,2H2,1H3. The average molecular weight is 152 g/mol. The fourth-order valence-corrected chi connectivity index (χ4v) is 0.542. The number of ether oxygens (including phenoxy) is 1. The van der Waals surface area contributed by atoms with Crippen LogP contribution < -0.4 is 4.74 Å². The van der Waals surface area contributed by atoms with Crippen molar-refractivity contribution in [3.8, 4) is 5.75 Å². The molecule has 0 aliphatic rings. The Morgan fingerprint density at radius 1 is 1.55 bits per heavy atom. The molecule has 0 aliphatic carbocycles. The number of carbonyl (C=O) groups excluding carboxylic acids is 1. The third kappa shape index (κ3) is 2.33. The van der Waals surface area contributed by atoms with Crippen molar-refractivity contribution in [2.45, 2.75) is 13.3 Å². The molecule has 1 aromatic heterocycles. The van der Waals surface area contributed by atoms with Crippen LogP contribution in [0.5, 0.6) is 5.75 Å². The van der Waals surface area contributed by atoms with Crippen LogP contribution in [0.2, 0.25) is 0 Å². The number of aromatic nitrogens is 2. The van der Waals surface area contributed by atoms with Crippen LogP contribution in [0.15, 0.2) is 18.7 Å². The molecule has 58 valence electrons. The Balaban J connectivity index is 2.58. The average Bonchev–Trinajstić information content (AvgIpc) is 2.06. The van der Waals surface area contributed by atoms with Crippen molar-refractivity contribution in [2.75, 3.05) is 0 Å². The molecule has 0 aliphatic heterocycles. The number of esters is 1. The lowest BCUT2D eigenvalue weighted by Gasteiger charge is -1.98. The van der Waals surface area contributed by atoms with Crippen LogP contribution >= 0.6 is 0 Å². The number of rotatable bonds is 2. The molecule has 0 saturated heterocycles. The molecule has 0 radical (unpaired) electrons. The summed E-state index contributed by atoms with van der Waals surface area (Å²) < 4.78 is 4.80. The number of carbonyl (C=O) groups is 1. The van der Waals surface area contributed by atoms with Crippen molar-refractivity contribution in [1.29, 1.82) is 0 Å². The monoisotopic (exact) mass is 152 g/mol. The normalized spacial score (nSPS) is 9.18. The minimum atomic E-state index is -0.278. The Hall–Kier alpha value is -1.45. The number of nitrogens with zero attached hydrogens (tertiary/aromatic N) is 2. The maximum absolute atomic E-state index is 10.7. The Labute approximate surface area is 64.2 Å². The first-order chi connectivity index (χ1) is 5.33. The smallest absolute Gasteiger partial charge is 0.311 e. The summed E-state index contributed by atoms with van der Waals surface area (Å²) in [6.07, 6.45) is 4.62. The van der Waals surface area contributed by atoms with Gasteiger partial charge in [-0.2, -0.15) is 0 Å². The minimum Gasteiger partial charge on any atom is -0.423 e. The Morgan fingerprint density at radius 2 is 2.18 bits per heavy atom. The molecule has 0 N–H and O–H groups in total. The lowest BCUT2D eigenvalue weighted by atomic mass is 10.5. The first-order valence-corrected chi connectivity index (χ1v) is 3.28. The van der Waals surface area contributed by atoms with Crippen molar-refractivity contribution in [2.24, 2.45) is 0 Å². The summed E-state index contributed by atoms with van der Waals surface area (Å²) in [5.41, 5.74) is 0. The van der Waals surface area contributed by atoms with Gasteiger partial charge in [-0.25, -0.2) is 9.97 Å². The van der Waals surface area contributed by atoms with E-state index < -0.39 is 0 Å². The van der Waals surface area contributed by atoms with Gasteiger partial charge in [-0.15, -0.1) is 0 Å². The predicted octanol–water partition coefficient (Wildman–Crippen LogP) is 0.792. The summed E-state index contributed by atoms with van der Waals surface area (Å²) in [6, 6.07) is 0. The van der Waals surface area contributed by atoms with Crippen LogP contribution in [0.3, 0.4) is 0 Å². The molecule has 1 heterocycles. The van der Waals surface area contributed by atoms with Crippen LogP contribution in [0, 0.1) is 0 Å². The van der Waals surface area contributed by atoms with Gasteiger partial charge in [-0.3, -0.25) is 4.79 Å². The zero-order valence-corrected chi connectivity index (χ0v) is 6.15. The second kappa shape index (κ2) is 3.65. The lowest BCUT2D eigenvalue weighted by molar-refractivity contribution is -0.134. The van der Waals surface area contributed by atoms with Gasteiger partial charge in [-0.05, 0) is 0 Å². The highest BCUT2D eigenvalue weighted by atomic mass is 16.5. The van der Waals surface area contributed by atoms with Gasteiger partial charge in [0.1, 0.15) is 6.33 Å². The van der Waals surface area contributed by atoms with E-state index in [1.165, 1.54) is 18.7 Å². The summed E-state index contributed by atoms with van der Waals surface area (Å²) in [6.45, 7) is 1.73. The number of hydrogen-bond acceptors (Lipinski definition) is 4. The highest BCUT2D eigenvalue weighted by Gasteiger charge is 1.99. The Morgan fingerprint density at radius 3 is 2.73 bits per heavy atom.